The molecule has 1 rings (SSSR count). The van der Waals surface area contributed by atoms with E-state index in [-0.39, 0.29) is 19.7 Å². The van der Waals surface area contributed by atoms with E-state index in [4.69, 9.17) is 15.1 Å². The summed E-state index contributed by atoms with van der Waals surface area (Å²) in [6.45, 7) is 3.58. The van der Waals surface area contributed by atoms with Crippen LogP contribution in [0.1, 0.15) is 13.8 Å². The molecule has 0 saturated carbocycles. The van der Waals surface area contributed by atoms with Gasteiger partial charge in [0.05, 0.1) is 24.4 Å². The molecular weight excluding hydrogens is 232 g/mol. The van der Waals surface area contributed by atoms with E-state index in [1.54, 1.807) is 19.9 Å². The molecule has 1 atom stereocenters. The van der Waals surface area contributed by atoms with Crippen molar-refractivity contribution in [1.82, 2.24) is 4.31 Å². The number of hydrogen-bond donors (Lipinski definition) is 1. The Morgan fingerprint density at radius 3 is 2.75 bits per heavy atom. The van der Waals surface area contributed by atoms with Crippen molar-refractivity contribution in [3.8, 4) is 6.07 Å². The van der Waals surface area contributed by atoms with Gasteiger partial charge in [0.1, 0.15) is 0 Å². The molecule has 1 unspecified atom stereocenters. The van der Waals surface area contributed by atoms with Crippen LogP contribution in [0.5, 0.6) is 0 Å². The molecule has 0 aromatic rings. The van der Waals surface area contributed by atoms with Crippen LogP contribution in [0.4, 0.5) is 0 Å². The minimum absolute atomic E-state index is 0.101. The minimum Gasteiger partial charge on any atom is -0.394 e. The first-order valence-electron chi connectivity index (χ1n) is 4.94. The average Bonchev–Trinajstić information content (AvgIpc) is 2.15. The standard InChI is InChI=1S/C9H16N2O4S/c1-9(2)7-11(5-8(6-12)15-9)16(13,14)4-3-10/h8,12H,4-7H2,1-2H3. The third-order valence-corrected chi connectivity index (χ3v) is 3.85. The van der Waals surface area contributed by atoms with E-state index in [9.17, 15) is 8.42 Å². The largest absolute Gasteiger partial charge is 0.394 e. The number of nitriles is 1. The van der Waals surface area contributed by atoms with E-state index in [1.807, 2.05) is 0 Å². The highest BCUT2D eigenvalue weighted by Crippen LogP contribution is 2.23. The molecule has 0 bridgehead atoms. The summed E-state index contributed by atoms with van der Waals surface area (Å²) < 4.78 is 30.1. The second-order valence-corrected chi connectivity index (χ2v) is 6.36. The van der Waals surface area contributed by atoms with Crippen LogP contribution in [0, 0.1) is 11.3 Å². The Hall–Kier alpha value is -0.680. The van der Waals surface area contributed by atoms with Gasteiger partial charge in [-0.05, 0) is 13.8 Å². The van der Waals surface area contributed by atoms with Crippen LogP contribution in [-0.2, 0) is 14.8 Å². The lowest BCUT2D eigenvalue weighted by molar-refractivity contribution is -0.131. The Balaban J connectivity index is 2.86. The van der Waals surface area contributed by atoms with E-state index in [2.05, 4.69) is 0 Å². The molecule has 0 spiro atoms. The number of rotatable bonds is 3. The zero-order chi connectivity index (χ0) is 12.4. The Morgan fingerprint density at radius 2 is 2.25 bits per heavy atom. The van der Waals surface area contributed by atoms with Crippen molar-refractivity contribution in [3.05, 3.63) is 0 Å². The first-order chi connectivity index (χ1) is 7.30. The lowest BCUT2D eigenvalue weighted by Crippen LogP contribution is -2.55. The lowest BCUT2D eigenvalue weighted by Gasteiger charge is -2.41. The maximum absolute atomic E-state index is 11.7. The van der Waals surface area contributed by atoms with Crippen molar-refractivity contribution in [3.63, 3.8) is 0 Å². The molecule has 0 aromatic heterocycles. The quantitative estimate of drug-likeness (QED) is 0.714. The van der Waals surface area contributed by atoms with Crippen LogP contribution in [0.25, 0.3) is 0 Å². The van der Waals surface area contributed by atoms with Gasteiger partial charge in [-0.2, -0.15) is 9.57 Å². The first-order valence-corrected chi connectivity index (χ1v) is 6.55. The first kappa shape index (κ1) is 13.4. The zero-order valence-corrected chi connectivity index (χ0v) is 10.2. The molecule has 6 nitrogen and oxygen atoms in total. The van der Waals surface area contributed by atoms with Gasteiger partial charge >= 0.3 is 0 Å². The van der Waals surface area contributed by atoms with E-state index in [0.29, 0.717) is 0 Å². The number of morpholine rings is 1. The molecule has 16 heavy (non-hydrogen) atoms. The molecule has 0 aliphatic carbocycles. The topological polar surface area (TPSA) is 90.6 Å². The van der Waals surface area contributed by atoms with Crippen LogP contribution < -0.4 is 0 Å². The molecule has 1 N–H and O–H groups in total. The van der Waals surface area contributed by atoms with Gasteiger partial charge in [0.15, 0.2) is 5.75 Å². The normalized spacial score (nSPS) is 26.2. The van der Waals surface area contributed by atoms with Gasteiger partial charge in [0, 0.05) is 13.1 Å². The fourth-order valence-corrected chi connectivity index (χ4v) is 2.97. The molecule has 1 saturated heterocycles. The summed E-state index contributed by atoms with van der Waals surface area (Å²) in [7, 11) is -3.57. The van der Waals surface area contributed by atoms with Crippen LogP contribution in [0.2, 0.25) is 0 Å². The smallest absolute Gasteiger partial charge is 0.227 e. The molecule has 0 radical (unpaired) electrons. The second kappa shape index (κ2) is 4.67. The number of nitrogens with zero attached hydrogens (tertiary/aromatic N) is 2. The van der Waals surface area contributed by atoms with Gasteiger partial charge in [0.2, 0.25) is 10.0 Å². The fraction of sp³-hybridized carbons (Fsp3) is 0.889. The molecule has 92 valence electrons. The van der Waals surface area contributed by atoms with E-state index < -0.39 is 27.5 Å². The summed E-state index contributed by atoms with van der Waals surface area (Å²) >= 11 is 0. The van der Waals surface area contributed by atoms with Crippen LogP contribution in [-0.4, -0.2) is 55.0 Å². The number of ether oxygens (including phenoxy) is 1. The molecule has 1 aliphatic heterocycles. The summed E-state index contributed by atoms with van der Waals surface area (Å²) in [5, 5.41) is 17.5. The maximum Gasteiger partial charge on any atom is 0.227 e. The molecule has 7 heteroatoms. The second-order valence-electron chi connectivity index (χ2n) is 4.39. The number of sulfonamides is 1. The summed E-state index contributed by atoms with van der Waals surface area (Å²) in [6, 6.07) is 1.63. The molecule has 0 aromatic carbocycles. The van der Waals surface area contributed by atoms with Gasteiger partial charge in [-0.15, -0.1) is 0 Å². The van der Waals surface area contributed by atoms with Gasteiger partial charge in [-0.3, -0.25) is 0 Å². The van der Waals surface area contributed by atoms with Crippen molar-refractivity contribution in [2.75, 3.05) is 25.4 Å². The van der Waals surface area contributed by atoms with Crippen molar-refractivity contribution in [2.24, 2.45) is 0 Å². The van der Waals surface area contributed by atoms with Gasteiger partial charge in [-0.25, -0.2) is 8.42 Å². The third-order valence-electron chi connectivity index (χ3n) is 2.29. The van der Waals surface area contributed by atoms with Crippen LogP contribution in [0.15, 0.2) is 0 Å². The fourth-order valence-electron chi connectivity index (χ4n) is 1.72. The van der Waals surface area contributed by atoms with Gasteiger partial charge in [0.25, 0.3) is 0 Å². The van der Waals surface area contributed by atoms with Crippen LogP contribution >= 0.6 is 0 Å². The third kappa shape index (κ3) is 3.15. The average molecular weight is 248 g/mol. The van der Waals surface area contributed by atoms with Crippen molar-refractivity contribution in [1.29, 1.82) is 5.26 Å². The zero-order valence-electron chi connectivity index (χ0n) is 9.38. The molecule has 0 amide bonds. The summed E-state index contributed by atoms with van der Waals surface area (Å²) in [4.78, 5) is 0. The summed E-state index contributed by atoms with van der Waals surface area (Å²) in [5.74, 6) is -0.540. The highest BCUT2D eigenvalue weighted by molar-refractivity contribution is 7.89. The number of aliphatic hydroxyl groups is 1. The summed E-state index contributed by atoms with van der Waals surface area (Å²) in [5.41, 5.74) is -0.645. The molecule has 1 aliphatic rings. The van der Waals surface area contributed by atoms with Crippen LogP contribution in [0.3, 0.4) is 0 Å². The number of hydrogen-bond acceptors (Lipinski definition) is 5. The van der Waals surface area contributed by atoms with Gasteiger partial charge < -0.3 is 9.84 Å². The van der Waals surface area contributed by atoms with Crippen molar-refractivity contribution in [2.45, 2.75) is 25.6 Å². The monoisotopic (exact) mass is 248 g/mol. The van der Waals surface area contributed by atoms with E-state index in [0.717, 1.165) is 0 Å². The van der Waals surface area contributed by atoms with Crippen molar-refractivity contribution < 1.29 is 18.3 Å². The van der Waals surface area contributed by atoms with E-state index >= 15 is 0 Å². The molecule has 1 heterocycles. The van der Waals surface area contributed by atoms with Gasteiger partial charge in [-0.1, -0.05) is 0 Å². The Kier molecular flexibility index (Phi) is 3.91. The lowest BCUT2D eigenvalue weighted by atomic mass is 10.1. The minimum atomic E-state index is -3.57. The predicted octanol–water partition coefficient (Wildman–Crippen LogP) is -0.689. The predicted molar refractivity (Wildman–Crippen MR) is 57.0 cm³/mol. The molecule has 1 fully saturated rings. The highest BCUT2D eigenvalue weighted by atomic mass is 32.2. The highest BCUT2D eigenvalue weighted by Gasteiger charge is 2.38. The summed E-state index contributed by atoms with van der Waals surface area (Å²) in [6.07, 6.45) is -0.530. The molecular formula is C9H16N2O4S. The number of aliphatic hydroxyl groups excluding tert-OH is 1. The maximum atomic E-state index is 11.7. The van der Waals surface area contributed by atoms with Crippen molar-refractivity contribution >= 4 is 10.0 Å². The SMILES string of the molecule is CC1(C)CN(S(=O)(=O)CC#N)CC(CO)O1. The Bertz CT molecular complexity index is 385. The Labute approximate surface area is 95.5 Å². The Morgan fingerprint density at radius 1 is 1.62 bits per heavy atom. The van der Waals surface area contributed by atoms with E-state index in [1.165, 1.54) is 4.31 Å².